The number of ether oxygens (including phenoxy) is 1. The summed E-state index contributed by atoms with van der Waals surface area (Å²) in [6.45, 7) is 2.96. The molecule has 0 unspecified atom stereocenters. The maximum Gasteiger partial charge on any atom is 0.453 e. The van der Waals surface area contributed by atoms with Gasteiger partial charge in [-0.25, -0.2) is 0 Å². The molecule has 1 aromatic carbocycles. The first-order chi connectivity index (χ1) is 11.5. The zero-order valence-electron chi connectivity index (χ0n) is 12.7. The average molecular weight is 337 g/mol. The Labute approximate surface area is 135 Å². The molecular weight excluding hydrogens is 323 g/mol. The standard InChI is InChI=1S/C15H14F3N5O/c1-2-24-9-10-4-3-5-11(8-10)19-12-6-7-13-20-21-14(15(16,17)18)23(13)22-12/h3-8H,2,9H2,1H3,(H,19,22). The molecule has 1 N–H and O–H groups in total. The third kappa shape index (κ3) is 3.46. The topological polar surface area (TPSA) is 64.3 Å². The Morgan fingerprint density at radius 1 is 1.17 bits per heavy atom. The van der Waals surface area contributed by atoms with Crippen LogP contribution < -0.4 is 5.32 Å². The highest BCUT2D eigenvalue weighted by molar-refractivity contribution is 5.58. The Balaban J connectivity index is 1.87. The van der Waals surface area contributed by atoms with E-state index < -0.39 is 12.0 Å². The number of halogens is 3. The summed E-state index contributed by atoms with van der Waals surface area (Å²) in [6, 6.07) is 10.3. The average Bonchev–Trinajstić information content (AvgIpc) is 2.96. The van der Waals surface area contributed by atoms with Gasteiger partial charge >= 0.3 is 6.18 Å². The van der Waals surface area contributed by atoms with Crippen molar-refractivity contribution in [3.05, 3.63) is 47.8 Å². The second-order valence-corrected chi connectivity index (χ2v) is 4.97. The Kier molecular flexibility index (Phi) is 4.34. The van der Waals surface area contributed by atoms with Gasteiger partial charge in [-0.2, -0.15) is 17.7 Å². The molecular formula is C15H14F3N5O. The fourth-order valence-electron chi connectivity index (χ4n) is 2.14. The summed E-state index contributed by atoms with van der Waals surface area (Å²) in [5.74, 6) is -0.910. The highest BCUT2D eigenvalue weighted by atomic mass is 19.4. The lowest BCUT2D eigenvalue weighted by Crippen LogP contribution is -2.13. The van der Waals surface area contributed by atoms with Gasteiger partial charge in [-0.15, -0.1) is 15.3 Å². The number of hydrogen-bond acceptors (Lipinski definition) is 5. The minimum Gasteiger partial charge on any atom is -0.377 e. The van der Waals surface area contributed by atoms with Crippen LogP contribution in [0.3, 0.4) is 0 Å². The van der Waals surface area contributed by atoms with E-state index in [1.54, 1.807) is 12.1 Å². The first-order valence-corrected chi connectivity index (χ1v) is 7.21. The van der Waals surface area contributed by atoms with Gasteiger partial charge in [0.1, 0.15) is 0 Å². The highest BCUT2D eigenvalue weighted by Crippen LogP contribution is 2.28. The second-order valence-electron chi connectivity index (χ2n) is 4.97. The largest absolute Gasteiger partial charge is 0.453 e. The van der Waals surface area contributed by atoms with Crippen LogP contribution in [0.1, 0.15) is 18.3 Å². The molecule has 0 spiro atoms. The lowest BCUT2D eigenvalue weighted by atomic mass is 10.2. The van der Waals surface area contributed by atoms with Crippen LogP contribution >= 0.6 is 0 Å². The van der Waals surface area contributed by atoms with Crippen LogP contribution in [0.25, 0.3) is 5.65 Å². The first-order valence-electron chi connectivity index (χ1n) is 7.21. The van der Waals surface area contributed by atoms with Gasteiger partial charge in [0.25, 0.3) is 5.82 Å². The Morgan fingerprint density at radius 2 is 2.00 bits per heavy atom. The molecule has 2 aromatic heterocycles. The number of aromatic nitrogens is 4. The molecule has 0 saturated heterocycles. The molecule has 3 aromatic rings. The summed E-state index contributed by atoms with van der Waals surface area (Å²) in [4.78, 5) is 0. The van der Waals surface area contributed by atoms with E-state index in [9.17, 15) is 13.2 Å². The maximum absolute atomic E-state index is 12.9. The molecule has 0 atom stereocenters. The van der Waals surface area contributed by atoms with Gasteiger partial charge in [0, 0.05) is 12.3 Å². The molecule has 126 valence electrons. The van der Waals surface area contributed by atoms with Crippen molar-refractivity contribution in [2.45, 2.75) is 19.7 Å². The lowest BCUT2D eigenvalue weighted by molar-refractivity contribution is -0.146. The maximum atomic E-state index is 12.9. The quantitative estimate of drug-likeness (QED) is 0.773. The smallest absolute Gasteiger partial charge is 0.377 e. The second kappa shape index (κ2) is 6.44. The van der Waals surface area contributed by atoms with Crippen molar-refractivity contribution in [2.75, 3.05) is 11.9 Å². The summed E-state index contributed by atoms with van der Waals surface area (Å²) in [5, 5.41) is 13.5. The van der Waals surface area contributed by atoms with Crippen molar-refractivity contribution in [3.8, 4) is 0 Å². The molecule has 0 fully saturated rings. The number of nitrogens with zero attached hydrogens (tertiary/aromatic N) is 4. The minimum absolute atomic E-state index is 0.0259. The van der Waals surface area contributed by atoms with Crippen LogP contribution in [-0.2, 0) is 17.5 Å². The predicted molar refractivity (Wildman–Crippen MR) is 80.8 cm³/mol. The normalized spacial score (nSPS) is 11.8. The van der Waals surface area contributed by atoms with Crippen molar-refractivity contribution >= 4 is 17.2 Å². The molecule has 0 aliphatic carbocycles. The zero-order chi connectivity index (χ0) is 17.2. The van der Waals surface area contributed by atoms with Crippen molar-refractivity contribution in [1.29, 1.82) is 0 Å². The molecule has 0 saturated carbocycles. The van der Waals surface area contributed by atoms with Crippen LogP contribution in [0.2, 0.25) is 0 Å². The Bertz CT molecular complexity index is 846. The van der Waals surface area contributed by atoms with Gasteiger partial charge in [0.05, 0.1) is 6.61 Å². The van der Waals surface area contributed by atoms with Gasteiger partial charge in [0.15, 0.2) is 11.5 Å². The third-order valence-electron chi connectivity index (χ3n) is 3.19. The molecule has 0 radical (unpaired) electrons. The lowest BCUT2D eigenvalue weighted by Gasteiger charge is -2.09. The molecule has 0 aliphatic heterocycles. The summed E-state index contributed by atoms with van der Waals surface area (Å²) in [6.07, 6.45) is -4.62. The van der Waals surface area contributed by atoms with E-state index in [0.29, 0.717) is 23.4 Å². The fraction of sp³-hybridized carbons (Fsp3) is 0.267. The SMILES string of the molecule is CCOCc1cccc(Nc2ccc3nnc(C(F)(F)F)n3n2)c1. The number of rotatable bonds is 5. The van der Waals surface area contributed by atoms with Crippen molar-refractivity contribution in [2.24, 2.45) is 0 Å². The summed E-state index contributed by atoms with van der Waals surface area (Å²) in [7, 11) is 0. The molecule has 0 bridgehead atoms. The number of fused-ring (bicyclic) bond motifs is 1. The number of alkyl halides is 3. The third-order valence-corrected chi connectivity index (χ3v) is 3.19. The van der Waals surface area contributed by atoms with E-state index in [0.717, 1.165) is 5.56 Å². The summed E-state index contributed by atoms with van der Waals surface area (Å²) in [5.41, 5.74) is 1.67. The van der Waals surface area contributed by atoms with Gasteiger partial charge in [-0.3, -0.25) is 0 Å². The van der Waals surface area contributed by atoms with E-state index >= 15 is 0 Å². The monoisotopic (exact) mass is 337 g/mol. The van der Waals surface area contributed by atoms with Crippen molar-refractivity contribution in [3.63, 3.8) is 0 Å². The fourth-order valence-corrected chi connectivity index (χ4v) is 2.14. The number of anilines is 2. The van der Waals surface area contributed by atoms with E-state index in [-0.39, 0.29) is 11.5 Å². The molecule has 2 heterocycles. The van der Waals surface area contributed by atoms with E-state index in [1.165, 1.54) is 6.07 Å². The minimum atomic E-state index is -4.62. The molecule has 3 rings (SSSR count). The molecule has 9 heteroatoms. The Hall–Kier alpha value is -2.68. The van der Waals surface area contributed by atoms with Crippen LogP contribution in [0.5, 0.6) is 0 Å². The number of hydrogen-bond donors (Lipinski definition) is 1. The summed E-state index contributed by atoms with van der Waals surface area (Å²) >= 11 is 0. The van der Waals surface area contributed by atoms with E-state index in [1.807, 2.05) is 25.1 Å². The van der Waals surface area contributed by atoms with Crippen molar-refractivity contribution in [1.82, 2.24) is 19.8 Å². The molecule has 0 amide bonds. The van der Waals surface area contributed by atoms with Gasteiger partial charge in [-0.05, 0) is 36.8 Å². The van der Waals surface area contributed by atoms with Crippen LogP contribution in [-0.4, -0.2) is 26.4 Å². The molecule has 0 aliphatic rings. The van der Waals surface area contributed by atoms with Crippen LogP contribution in [0.4, 0.5) is 24.7 Å². The van der Waals surface area contributed by atoms with Crippen LogP contribution in [0.15, 0.2) is 36.4 Å². The zero-order valence-corrected chi connectivity index (χ0v) is 12.7. The van der Waals surface area contributed by atoms with Crippen molar-refractivity contribution < 1.29 is 17.9 Å². The summed E-state index contributed by atoms with van der Waals surface area (Å²) < 4.78 is 44.7. The highest BCUT2D eigenvalue weighted by Gasteiger charge is 2.37. The molecule has 24 heavy (non-hydrogen) atoms. The van der Waals surface area contributed by atoms with Gasteiger partial charge in [-0.1, -0.05) is 12.1 Å². The van der Waals surface area contributed by atoms with E-state index in [4.69, 9.17) is 4.74 Å². The van der Waals surface area contributed by atoms with Crippen LogP contribution in [0, 0.1) is 0 Å². The predicted octanol–water partition coefficient (Wildman–Crippen LogP) is 3.42. The first kappa shape index (κ1) is 16.2. The van der Waals surface area contributed by atoms with E-state index in [2.05, 4.69) is 20.6 Å². The number of benzene rings is 1. The Morgan fingerprint density at radius 3 is 2.75 bits per heavy atom. The molecule has 6 nitrogen and oxygen atoms in total. The van der Waals surface area contributed by atoms with Gasteiger partial charge < -0.3 is 10.1 Å². The van der Waals surface area contributed by atoms with Gasteiger partial charge in [0.2, 0.25) is 0 Å². The number of nitrogens with one attached hydrogen (secondary N) is 1.